The van der Waals surface area contributed by atoms with Crippen LogP contribution < -0.4 is 0 Å². The van der Waals surface area contributed by atoms with Crippen molar-refractivity contribution in [3.8, 4) is 0 Å². The first-order valence-corrected chi connectivity index (χ1v) is 4.92. The van der Waals surface area contributed by atoms with Crippen LogP contribution in [-0.2, 0) is 11.3 Å². The molecule has 1 atom stereocenters. The van der Waals surface area contributed by atoms with Crippen LogP contribution in [0.25, 0.3) is 0 Å². The van der Waals surface area contributed by atoms with Crippen molar-refractivity contribution in [2.45, 2.75) is 19.1 Å². The SMILES string of the molecule is OCC(O)CC=COCc1ccccc1. The zero-order valence-corrected chi connectivity index (χ0v) is 8.54. The summed E-state index contributed by atoms with van der Waals surface area (Å²) in [4.78, 5) is 0. The highest BCUT2D eigenvalue weighted by Gasteiger charge is 1.96. The summed E-state index contributed by atoms with van der Waals surface area (Å²) in [5.74, 6) is 0. The fraction of sp³-hybridized carbons (Fsp3) is 0.333. The van der Waals surface area contributed by atoms with Gasteiger partial charge in [0.15, 0.2) is 0 Å². The molecular weight excluding hydrogens is 192 g/mol. The van der Waals surface area contributed by atoms with Crippen molar-refractivity contribution in [2.24, 2.45) is 0 Å². The number of aliphatic hydroxyl groups is 2. The Hall–Kier alpha value is -1.32. The first kappa shape index (κ1) is 11.8. The predicted molar refractivity (Wildman–Crippen MR) is 58.1 cm³/mol. The van der Waals surface area contributed by atoms with Crippen molar-refractivity contribution in [1.29, 1.82) is 0 Å². The largest absolute Gasteiger partial charge is 0.497 e. The molecule has 0 aliphatic carbocycles. The minimum Gasteiger partial charge on any atom is -0.497 e. The molecule has 0 aliphatic rings. The van der Waals surface area contributed by atoms with Gasteiger partial charge in [0.05, 0.1) is 19.0 Å². The van der Waals surface area contributed by atoms with Crippen molar-refractivity contribution in [3.05, 3.63) is 48.2 Å². The molecule has 3 nitrogen and oxygen atoms in total. The van der Waals surface area contributed by atoms with Crippen LogP contribution in [-0.4, -0.2) is 22.9 Å². The molecular formula is C12H16O3. The Balaban J connectivity index is 2.16. The minimum absolute atomic E-state index is 0.219. The lowest BCUT2D eigenvalue weighted by atomic mass is 10.2. The number of benzene rings is 1. The summed E-state index contributed by atoms with van der Waals surface area (Å²) < 4.78 is 5.24. The van der Waals surface area contributed by atoms with Gasteiger partial charge in [-0.25, -0.2) is 0 Å². The van der Waals surface area contributed by atoms with Crippen molar-refractivity contribution < 1.29 is 14.9 Å². The molecule has 0 radical (unpaired) electrons. The second-order valence-corrected chi connectivity index (χ2v) is 3.24. The topological polar surface area (TPSA) is 49.7 Å². The van der Waals surface area contributed by atoms with Crippen LogP contribution in [0.3, 0.4) is 0 Å². The fourth-order valence-corrected chi connectivity index (χ4v) is 1.07. The Labute approximate surface area is 89.6 Å². The van der Waals surface area contributed by atoms with Crippen LogP contribution in [0.1, 0.15) is 12.0 Å². The number of ether oxygens (including phenoxy) is 1. The van der Waals surface area contributed by atoms with E-state index in [0.717, 1.165) is 5.56 Å². The normalized spacial score (nSPS) is 12.9. The zero-order valence-electron chi connectivity index (χ0n) is 8.54. The van der Waals surface area contributed by atoms with E-state index in [-0.39, 0.29) is 6.61 Å². The number of hydrogen-bond donors (Lipinski definition) is 2. The third-order valence-electron chi connectivity index (χ3n) is 1.90. The molecule has 0 aromatic heterocycles. The molecule has 0 amide bonds. The van der Waals surface area contributed by atoms with E-state index in [1.807, 2.05) is 30.3 Å². The number of hydrogen-bond acceptors (Lipinski definition) is 3. The van der Waals surface area contributed by atoms with Gasteiger partial charge in [-0.3, -0.25) is 0 Å². The Morgan fingerprint density at radius 1 is 1.27 bits per heavy atom. The number of aliphatic hydroxyl groups excluding tert-OH is 2. The second kappa shape index (κ2) is 7.04. The molecule has 3 heteroatoms. The maximum Gasteiger partial charge on any atom is 0.112 e. The fourth-order valence-electron chi connectivity index (χ4n) is 1.07. The summed E-state index contributed by atoms with van der Waals surface area (Å²) in [7, 11) is 0. The molecule has 15 heavy (non-hydrogen) atoms. The molecule has 1 aromatic rings. The standard InChI is InChI=1S/C12H16O3/c13-9-12(14)7-4-8-15-10-11-5-2-1-3-6-11/h1-6,8,12-14H,7,9-10H2. The molecule has 0 spiro atoms. The van der Waals surface area contributed by atoms with Crippen molar-refractivity contribution >= 4 is 0 Å². The molecule has 1 aromatic carbocycles. The van der Waals surface area contributed by atoms with Gasteiger partial charge < -0.3 is 14.9 Å². The summed E-state index contributed by atoms with van der Waals surface area (Å²) in [6.45, 7) is 0.301. The van der Waals surface area contributed by atoms with Gasteiger partial charge >= 0.3 is 0 Å². The zero-order chi connectivity index (χ0) is 10.9. The van der Waals surface area contributed by atoms with Crippen LogP contribution in [0.2, 0.25) is 0 Å². The summed E-state index contributed by atoms with van der Waals surface area (Å²) >= 11 is 0. The van der Waals surface area contributed by atoms with E-state index in [0.29, 0.717) is 13.0 Å². The van der Waals surface area contributed by atoms with Gasteiger partial charge in [-0.05, 0) is 18.1 Å². The Morgan fingerprint density at radius 3 is 2.67 bits per heavy atom. The minimum atomic E-state index is -0.693. The van der Waals surface area contributed by atoms with Gasteiger partial charge in [0.1, 0.15) is 6.61 Å². The van der Waals surface area contributed by atoms with Crippen LogP contribution >= 0.6 is 0 Å². The number of rotatable bonds is 6. The summed E-state index contributed by atoms with van der Waals surface area (Å²) in [6.07, 6.45) is 2.96. The summed E-state index contributed by atoms with van der Waals surface area (Å²) in [5.41, 5.74) is 1.10. The first-order chi connectivity index (χ1) is 7.33. The van der Waals surface area contributed by atoms with Gasteiger partial charge in [0, 0.05) is 0 Å². The van der Waals surface area contributed by atoms with Crippen LogP contribution in [0, 0.1) is 0 Å². The highest BCUT2D eigenvalue weighted by Crippen LogP contribution is 2.01. The predicted octanol–water partition coefficient (Wildman–Crippen LogP) is 1.46. The van der Waals surface area contributed by atoms with Crippen LogP contribution in [0.5, 0.6) is 0 Å². The Morgan fingerprint density at radius 2 is 2.00 bits per heavy atom. The lowest BCUT2D eigenvalue weighted by molar-refractivity contribution is 0.0967. The maximum absolute atomic E-state index is 9.02. The first-order valence-electron chi connectivity index (χ1n) is 4.92. The average Bonchev–Trinajstić information content (AvgIpc) is 2.29. The lowest BCUT2D eigenvalue weighted by Crippen LogP contribution is -2.09. The van der Waals surface area contributed by atoms with Crippen LogP contribution in [0.15, 0.2) is 42.7 Å². The van der Waals surface area contributed by atoms with E-state index >= 15 is 0 Å². The average molecular weight is 208 g/mol. The van der Waals surface area contributed by atoms with Crippen molar-refractivity contribution in [3.63, 3.8) is 0 Å². The third-order valence-corrected chi connectivity index (χ3v) is 1.90. The van der Waals surface area contributed by atoms with Crippen molar-refractivity contribution in [1.82, 2.24) is 0 Å². The molecule has 1 unspecified atom stereocenters. The molecule has 0 heterocycles. The third kappa shape index (κ3) is 5.20. The molecule has 0 saturated carbocycles. The molecule has 2 N–H and O–H groups in total. The van der Waals surface area contributed by atoms with Gasteiger partial charge in [0.2, 0.25) is 0 Å². The molecule has 0 aliphatic heterocycles. The van der Waals surface area contributed by atoms with E-state index in [2.05, 4.69) is 0 Å². The highest BCUT2D eigenvalue weighted by atomic mass is 16.5. The Bertz CT molecular complexity index is 282. The molecule has 0 bridgehead atoms. The maximum atomic E-state index is 9.02. The van der Waals surface area contributed by atoms with E-state index < -0.39 is 6.10 Å². The molecule has 1 rings (SSSR count). The Kier molecular flexibility index (Phi) is 5.51. The van der Waals surface area contributed by atoms with E-state index in [9.17, 15) is 0 Å². The van der Waals surface area contributed by atoms with Gasteiger partial charge in [0.25, 0.3) is 0 Å². The quantitative estimate of drug-likeness (QED) is 0.696. The van der Waals surface area contributed by atoms with Gasteiger partial charge in [-0.15, -0.1) is 0 Å². The van der Waals surface area contributed by atoms with E-state index in [1.165, 1.54) is 0 Å². The monoisotopic (exact) mass is 208 g/mol. The molecule has 0 fully saturated rings. The van der Waals surface area contributed by atoms with Gasteiger partial charge in [-0.2, -0.15) is 0 Å². The van der Waals surface area contributed by atoms with Crippen LogP contribution in [0.4, 0.5) is 0 Å². The molecule has 82 valence electrons. The van der Waals surface area contributed by atoms with Crippen molar-refractivity contribution in [2.75, 3.05) is 6.61 Å². The smallest absolute Gasteiger partial charge is 0.112 e. The summed E-state index contributed by atoms with van der Waals surface area (Å²) in [5, 5.41) is 17.6. The van der Waals surface area contributed by atoms with E-state index in [1.54, 1.807) is 12.3 Å². The highest BCUT2D eigenvalue weighted by molar-refractivity contribution is 5.13. The summed E-state index contributed by atoms with van der Waals surface area (Å²) in [6, 6.07) is 9.83. The second-order valence-electron chi connectivity index (χ2n) is 3.24. The van der Waals surface area contributed by atoms with E-state index in [4.69, 9.17) is 14.9 Å². The van der Waals surface area contributed by atoms with Gasteiger partial charge in [-0.1, -0.05) is 30.3 Å². The lowest BCUT2D eigenvalue weighted by Gasteiger charge is -2.02. The molecule has 0 saturated heterocycles.